The van der Waals surface area contributed by atoms with Gasteiger partial charge in [0.2, 0.25) is 5.79 Å². The molecule has 0 N–H and O–H groups in total. The monoisotopic (exact) mass is 300 g/mol. The summed E-state index contributed by atoms with van der Waals surface area (Å²) in [7, 11) is 1.53. The van der Waals surface area contributed by atoms with Crippen LogP contribution in [0.1, 0.15) is 77.6 Å². The summed E-state index contributed by atoms with van der Waals surface area (Å²) in [5.41, 5.74) is 0.927. The van der Waals surface area contributed by atoms with Gasteiger partial charge in [-0.2, -0.15) is 9.78 Å². The number of hydrogen-bond acceptors (Lipinski definition) is 4. The van der Waals surface area contributed by atoms with E-state index in [0.29, 0.717) is 6.61 Å². The van der Waals surface area contributed by atoms with E-state index in [1.54, 1.807) is 0 Å². The van der Waals surface area contributed by atoms with E-state index >= 15 is 0 Å². The van der Waals surface area contributed by atoms with Gasteiger partial charge in [-0.25, -0.2) is 9.78 Å². The standard InChI is InChI=1S/C17H32O4/c1-16(2)15-19-21-17(20-18-3)13-11-9-7-5-4-6-8-10-12-14-17/h1,4-15H2,2-3H3. The molecule has 0 unspecified atom stereocenters. The van der Waals surface area contributed by atoms with Crippen molar-refractivity contribution in [2.75, 3.05) is 13.7 Å². The van der Waals surface area contributed by atoms with Crippen molar-refractivity contribution in [1.29, 1.82) is 0 Å². The van der Waals surface area contributed by atoms with Crippen LogP contribution in [0, 0.1) is 0 Å². The molecule has 0 heterocycles. The molecule has 1 rings (SSSR count). The molecule has 0 amide bonds. The van der Waals surface area contributed by atoms with Gasteiger partial charge in [0, 0.05) is 12.8 Å². The summed E-state index contributed by atoms with van der Waals surface area (Å²) in [6, 6.07) is 0. The summed E-state index contributed by atoms with van der Waals surface area (Å²) in [5.74, 6) is -0.774. The first-order chi connectivity index (χ1) is 10.2. The van der Waals surface area contributed by atoms with Crippen molar-refractivity contribution in [3.05, 3.63) is 12.2 Å². The lowest BCUT2D eigenvalue weighted by Gasteiger charge is -2.30. The van der Waals surface area contributed by atoms with E-state index in [0.717, 1.165) is 31.3 Å². The van der Waals surface area contributed by atoms with Crippen LogP contribution in [0.5, 0.6) is 0 Å². The summed E-state index contributed by atoms with van der Waals surface area (Å²) >= 11 is 0. The first-order valence-corrected chi connectivity index (χ1v) is 8.35. The second-order valence-corrected chi connectivity index (χ2v) is 6.15. The smallest absolute Gasteiger partial charge is 0.233 e. The maximum Gasteiger partial charge on any atom is 0.233 e. The quantitative estimate of drug-likeness (QED) is 0.296. The molecule has 4 heteroatoms. The molecule has 0 spiro atoms. The fourth-order valence-electron chi connectivity index (χ4n) is 2.72. The highest BCUT2D eigenvalue weighted by Crippen LogP contribution is 2.30. The van der Waals surface area contributed by atoms with Gasteiger partial charge in [0.15, 0.2) is 0 Å². The zero-order valence-electron chi connectivity index (χ0n) is 13.8. The lowest BCUT2D eigenvalue weighted by Crippen LogP contribution is -2.36. The average molecular weight is 300 g/mol. The minimum absolute atomic E-state index is 0.384. The highest BCUT2D eigenvalue weighted by atomic mass is 17.3. The normalized spacial score (nSPS) is 21.2. The molecule has 124 valence electrons. The fraction of sp³-hybridized carbons (Fsp3) is 0.882. The van der Waals surface area contributed by atoms with E-state index in [9.17, 15) is 0 Å². The van der Waals surface area contributed by atoms with Crippen LogP contribution in [0.25, 0.3) is 0 Å². The Hall–Kier alpha value is -0.420. The lowest BCUT2D eigenvalue weighted by molar-refractivity contribution is -0.507. The molecule has 1 aliphatic carbocycles. The lowest BCUT2D eigenvalue weighted by atomic mass is 9.97. The van der Waals surface area contributed by atoms with Crippen LogP contribution in [0.15, 0.2) is 12.2 Å². The predicted octanol–water partition coefficient (Wildman–Crippen LogP) is 5.09. The predicted molar refractivity (Wildman–Crippen MR) is 83.5 cm³/mol. The zero-order chi connectivity index (χ0) is 15.4. The first kappa shape index (κ1) is 18.6. The summed E-state index contributed by atoms with van der Waals surface area (Å²) in [6.07, 6.45) is 12.8. The van der Waals surface area contributed by atoms with Crippen LogP contribution in [0.2, 0.25) is 0 Å². The fourth-order valence-corrected chi connectivity index (χ4v) is 2.72. The van der Waals surface area contributed by atoms with Crippen LogP contribution < -0.4 is 0 Å². The van der Waals surface area contributed by atoms with Crippen molar-refractivity contribution in [2.45, 2.75) is 83.3 Å². The van der Waals surface area contributed by atoms with Crippen molar-refractivity contribution in [2.24, 2.45) is 0 Å². The third-order valence-electron chi connectivity index (χ3n) is 3.87. The van der Waals surface area contributed by atoms with Crippen LogP contribution in [-0.2, 0) is 19.6 Å². The van der Waals surface area contributed by atoms with Crippen LogP contribution in [0.3, 0.4) is 0 Å². The van der Waals surface area contributed by atoms with Crippen LogP contribution in [0.4, 0.5) is 0 Å². The maximum absolute atomic E-state index is 5.62. The summed E-state index contributed by atoms with van der Waals surface area (Å²) in [4.78, 5) is 21.3. The van der Waals surface area contributed by atoms with Gasteiger partial charge in [-0.3, -0.25) is 0 Å². The Morgan fingerprint density at radius 1 is 0.857 bits per heavy atom. The summed E-state index contributed by atoms with van der Waals surface area (Å²) in [5, 5.41) is 0. The Labute approximate surface area is 129 Å². The molecule has 21 heavy (non-hydrogen) atoms. The van der Waals surface area contributed by atoms with E-state index in [4.69, 9.17) is 19.6 Å². The molecule has 0 aromatic carbocycles. The SMILES string of the molecule is C=C(C)COOC1(OOC)CCCCCCCCCCC1. The first-order valence-electron chi connectivity index (χ1n) is 8.35. The van der Waals surface area contributed by atoms with Gasteiger partial charge in [0.25, 0.3) is 0 Å². The molecule has 0 radical (unpaired) electrons. The van der Waals surface area contributed by atoms with Crippen LogP contribution in [-0.4, -0.2) is 19.5 Å². The molecular weight excluding hydrogens is 268 g/mol. The van der Waals surface area contributed by atoms with Gasteiger partial charge in [0.1, 0.15) is 6.61 Å². The van der Waals surface area contributed by atoms with E-state index < -0.39 is 5.79 Å². The Morgan fingerprint density at radius 3 is 1.76 bits per heavy atom. The third-order valence-corrected chi connectivity index (χ3v) is 3.87. The molecule has 1 saturated carbocycles. The molecule has 1 aliphatic rings. The van der Waals surface area contributed by atoms with E-state index in [1.807, 2.05) is 6.92 Å². The van der Waals surface area contributed by atoms with Gasteiger partial charge in [-0.05, 0) is 19.8 Å². The van der Waals surface area contributed by atoms with Crippen LogP contribution >= 0.6 is 0 Å². The second-order valence-electron chi connectivity index (χ2n) is 6.15. The van der Waals surface area contributed by atoms with Crippen molar-refractivity contribution in [1.82, 2.24) is 0 Å². The topological polar surface area (TPSA) is 36.9 Å². The molecule has 1 fully saturated rings. The van der Waals surface area contributed by atoms with Gasteiger partial charge in [-0.1, -0.05) is 57.1 Å². The van der Waals surface area contributed by atoms with Gasteiger partial charge in [0.05, 0.1) is 7.11 Å². The molecule has 0 aromatic heterocycles. The van der Waals surface area contributed by atoms with Crippen molar-refractivity contribution < 1.29 is 19.6 Å². The molecule has 0 aromatic rings. The van der Waals surface area contributed by atoms with E-state index in [1.165, 1.54) is 52.1 Å². The number of rotatable bonds is 6. The number of hydrogen-bond donors (Lipinski definition) is 0. The third kappa shape index (κ3) is 8.57. The minimum Gasteiger partial charge on any atom is -0.237 e. The van der Waals surface area contributed by atoms with E-state index in [-0.39, 0.29) is 0 Å². The van der Waals surface area contributed by atoms with Gasteiger partial charge < -0.3 is 0 Å². The Balaban J connectivity index is 2.55. The largest absolute Gasteiger partial charge is 0.237 e. The summed E-state index contributed by atoms with van der Waals surface area (Å²) < 4.78 is 0. The molecule has 0 bridgehead atoms. The minimum atomic E-state index is -0.774. The van der Waals surface area contributed by atoms with Crippen molar-refractivity contribution in [3.63, 3.8) is 0 Å². The zero-order valence-corrected chi connectivity index (χ0v) is 13.8. The molecule has 0 saturated heterocycles. The Bertz CT molecular complexity index is 266. The van der Waals surface area contributed by atoms with Gasteiger partial charge >= 0.3 is 0 Å². The van der Waals surface area contributed by atoms with E-state index in [2.05, 4.69) is 6.58 Å². The highest BCUT2D eigenvalue weighted by Gasteiger charge is 2.34. The average Bonchev–Trinajstić information content (AvgIpc) is 2.42. The Kier molecular flexibility index (Phi) is 9.92. The maximum atomic E-state index is 5.62. The molecular formula is C17H32O4. The van der Waals surface area contributed by atoms with Crippen molar-refractivity contribution >= 4 is 0 Å². The second kappa shape index (κ2) is 11.2. The van der Waals surface area contributed by atoms with Gasteiger partial charge in [-0.15, -0.1) is 0 Å². The summed E-state index contributed by atoms with van der Waals surface area (Å²) in [6.45, 7) is 6.11. The molecule has 0 aliphatic heterocycles. The van der Waals surface area contributed by atoms with Crippen molar-refractivity contribution in [3.8, 4) is 0 Å². The molecule has 0 atom stereocenters. The molecule has 4 nitrogen and oxygen atoms in total. The Morgan fingerprint density at radius 2 is 1.33 bits per heavy atom. The highest BCUT2D eigenvalue weighted by molar-refractivity contribution is 4.86.